The zero-order chi connectivity index (χ0) is 21.7. The molecule has 2 saturated heterocycles. The molecule has 2 rings (SSSR count). The predicted molar refractivity (Wildman–Crippen MR) is 106 cm³/mol. The van der Waals surface area contributed by atoms with Crippen LogP contribution in [-0.2, 0) is 24.0 Å². The quantitative estimate of drug-likeness (QED) is 0.424. The number of likely N-dealkylation sites (tertiary alicyclic amines) is 2. The summed E-state index contributed by atoms with van der Waals surface area (Å²) in [7, 11) is 0. The maximum absolute atomic E-state index is 12.6. The summed E-state index contributed by atoms with van der Waals surface area (Å²) in [5.74, 6) is -1.73. The first-order chi connectivity index (χ1) is 13.7. The molecule has 0 aromatic carbocycles. The van der Waals surface area contributed by atoms with E-state index in [1.807, 2.05) is 32.9 Å². The molecule has 2 heterocycles. The van der Waals surface area contributed by atoms with Gasteiger partial charge in [-0.1, -0.05) is 26.0 Å². The lowest BCUT2D eigenvalue weighted by atomic mass is 9.92. The van der Waals surface area contributed by atoms with Crippen LogP contribution < -0.4 is 0 Å². The zero-order valence-corrected chi connectivity index (χ0v) is 17.7. The van der Waals surface area contributed by atoms with Gasteiger partial charge >= 0.3 is 0 Å². The molecule has 0 aliphatic carbocycles. The van der Waals surface area contributed by atoms with Crippen molar-refractivity contribution in [3.8, 4) is 0 Å². The minimum atomic E-state index is -0.365. The summed E-state index contributed by atoms with van der Waals surface area (Å²) in [5, 5.41) is 0. The van der Waals surface area contributed by atoms with Gasteiger partial charge in [-0.15, -0.1) is 0 Å². The van der Waals surface area contributed by atoms with Crippen molar-refractivity contribution in [1.29, 1.82) is 0 Å². The molecule has 2 fully saturated rings. The molecule has 8 nitrogen and oxygen atoms in total. The Hall–Kier alpha value is -2.51. The van der Waals surface area contributed by atoms with E-state index in [9.17, 15) is 24.0 Å². The molecule has 0 spiro atoms. The normalized spacial score (nSPS) is 23.6. The van der Waals surface area contributed by atoms with Crippen molar-refractivity contribution in [2.75, 3.05) is 26.2 Å². The topological polar surface area (TPSA) is 95.1 Å². The van der Waals surface area contributed by atoms with E-state index in [4.69, 9.17) is 0 Å². The van der Waals surface area contributed by atoms with Gasteiger partial charge in [-0.3, -0.25) is 33.8 Å². The SMILES string of the molecule is C/C=C/C(C)C1CC(=O)N(CCN(CCN2C(=O)CC(CC)C2=O)C(C)=O)C1=O. The van der Waals surface area contributed by atoms with Crippen molar-refractivity contribution in [2.24, 2.45) is 17.8 Å². The van der Waals surface area contributed by atoms with E-state index in [0.717, 1.165) is 0 Å². The highest BCUT2D eigenvalue weighted by molar-refractivity contribution is 6.04. The van der Waals surface area contributed by atoms with Gasteiger partial charge in [0.2, 0.25) is 29.5 Å². The summed E-state index contributed by atoms with van der Waals surface area (Å²) in [6.07, 6.45) is 4.79. The highest BCUT2D eigenvalue weighted by Gasteiger charge is 2.41. The molecule has 5 amide bonds. The number of rotatable bonds is 9. The van der Waals surface area contributed by atoms with Crippen molar-refractivity contribution in [1.82, 2.24) is 14.7 Å². The smallest absolute Gasteiger partial charge is 0.233 e. The monoisotopic (exact) mass is 405 g/mol. The molecule has 8 heteroatoms. The lowest BCUT2D eigenvalue weighted by Crippen LogP contribution is -2.44. The molecule has 3 unspecified atom stereocenters. The standard InChI is InChI=1S/C21H31N3O5/c1-5-7-14(3)17-13-19(27)24(21(17)29)11-9-22(15(4)25)8-10-23-18(26)12-16(6-2)20(23)28/h5,7,14,16-17H,6,8-13H2,1-4H3/b7-5+. The van der Waals surface area contributed by atoms with Crippen LogP contribution in [-0.4, -0.2) is 70.4 Å². The molecular formula is C21H31N3O5. The van der Waals surface area contributed by atoms with E-state index in [1.54, 1.807) is 0 Å². The number of allylic oxidation sites excluding steroid dienone is 2. The van der Waals surface area contributed by atoms with Crippen molar-refractivity contribution in [3.63, 3.8) is 0 Å². The van der Waals surface area contributed by atoms with Crippen LogP contribution in [0.15, 0.2) is 12.2 Å². The number of carbonyl (C=O) groups is 5. The fourth-order valence-corrected chi connectivity index (χ4v) is 3.97. The first-order valence-corrected chi connectivity index (χ1v) is 10.3. The summed E-state index contributed by atoms with van der Waals surface area (Å²) in [5.41, 5.74) is 0. The lowest BCUT2D eigenvalue weighted by Gasteiger charge is -2.26. The molecule has 2 aliphatic rings. The Morgan fingerprint density at radius 1 is 1.07 bits per heavy atom. The predicted octanol–water partition coefficient (Wildman–Crippen LogP) is 1.21. The minimum Gasteiger partial charge on any atom is -0.339 e. The second-order valence-corrected chi connectivity index (χ2v) is 7.78. The maximum Gasteiger partial charge on any atom is 0.233 e. The Morgan fingerprint density at radius 2 is 1.62 bits per heavy atom. The summed E-state index contributed by atoms with van der Waals surface area (Å²) in [6, 6.07) is 0. The largest absolute Gasteiger partial charge is 0.339 e. The average molecular weight is 405 g/mol. The summed E-state index contributed by atoms with van der Waals surface area (Å²) < 4.78 is 0. The van der Waals surface area contributed by atoms with Gasteiger partial charge < -0.3 is 4.90 Å². The summed E-state index contributed by atoms with van der Waals surface area (Å²) in [4.78, 5) is 65.1. The van der Waals surface area contributed by atoms with E-state index in [-0.39, 0.29) is 86.3 Å². The van der Waals surface area contributed by atoms with Crippen molar-refractivity contribution < 1.29 is 24.0 Å². The van der Waals surface area contributed by atoms with Gasteiger partial charge in [-0.2, -0.15) is 0 Å². The first-order valence-electron chi connectivity index (χ1n) is 10.3. The Morgan fingerprint density at radius 3 is 2.10 bits per heavy atom. The second-order valence-electron chi connectivity index (χ2n) is 7.78. The fourth-order valence-electron chi connectivity index (χ4n) is 3.97. The first kappa shape index (κ1) is 22.8. The minimum absolute atomic E-state index is 0.0240. The van der Waals surface area contributed by atoms with Crippen molar-refractivity contribution >= 4 is 29.5 Å². The molecule has 0 N–H and O–H groups in total. The van der Waals surface area contributed by atoms with Gasteiger partial charge in [0.25, 0.3) is 0 Å². The molecule has 29 heavy (non-hydrogen) atoms. The number of carbonyl (C=O) groups excluding carboxylic acids is 5. The summed E-state index contributed by atoms with van der Waals surface area (Å²) >= 11 is 0. The van der Waals surface area contributed by atoms with E-state index in [2.05, 4.69) is 0 Å². The molecule has 0 aromatic rings. The van der Waals surface area contributed by atoms with Crippen LogP contribution in [0.3, 0.4) is 0 Å². The highest BCUT2D eigenvalue weighted by atomic mass is 16.2. The lowest BCUT2D eigenvalue weighted by molar-refractivity contribution is -0.141. The second kappa shape index (κ2) is 9.80. The Labute approximate surface area is 171 Å². The number of imide groups is 2. The molecular weight excluding hydrogens is 374 g/mol. The maximum atomic E-state index is 12.6. The summed E-state index contributed by atoms with van der Waals surface area (Å²) in [6.45, 7) is 7.69. The van der Waals surface area contributed by atoms with Crippen molar-refractivity contribution in [3.05, 3.63) is 12.2 Å². The van der Waals surface area contributed by atoms with Gasteiger partial charge in [0.15, 0.2) is 0 Å². The van der Waals surface area contributed by atoms with Crippen molar-refractivity contribution in [2.45, 2.75) is 47.0 Å². The number of amides is 5. The molecule has 0 bridgehead atoms. The van der Waals surface area contributed by atoms with Crippen LogP contribution in [0.5, 0.6) is 0 Å². The molecule has 160 valence electrons. The van der Waals surface area contributed by atoms with Gasteiger partial charge in [0.1, 0.15) is 0 Å². The molecule has 0 aromatic heterocycles. The van der Waals surface area contributed by atoms with Gasteiger partial charge in [-0.05, 0) is 19.3 Å². The van der Waals surface area contributed by atoms with Crippen LogP contribution in [0.25, 0.3) is 0 Å². The third kappa shape index (κ3) is 5.10. The third-order valence-electron chi connectivity index (χ3n) is 5.87. The van der Waals surface area contributed by atoms with Crippen LogP contribution in [0.4, 0.5) is 0 Å². The van der Waals surface area contributed by atoms with Gasteiger partial charge in [0, 0.05) is 51.9 Å². The average Bonchev–Trinajstić information content (AvgIpc) is 3.11. The molecule has 0 radical (unpaired) electrons. The molecule has 2 aliphatic heterocycles. The van der Waals surface area contributed by atoms with Gasteiger partial charge in [-0.25, -0.2) is 0 Å². The van der Waals surface area contributed by atoms with Crippen LogP contribution in [0, 0.1) is 17.8 Å². The molecule has 0 saturated carbocycles. The Bertz CT molecular complexity index is 717. The Kier molecular flexibility index (Phi) is 7.70. The van der Waals surface area contributed by atoms with E-state index >= 15 is 0 Å². The number of hydrogen-bond donors (Lipinski definition) is 0. The highest BCUT2D eigenvalue weighted by Crippen LogP contribution is 2.27. The molecule has 3 atom stereocenters. The van der Waals surface area contributed by atoms with Crippen LogP contribution in [0.1, 0.15) is 47.0 Å². The number of hydrogen-bond acceptors (Lipinski definition) is 5. The van der Waals surface area contributed by atoms with E-state index < -0.39 is 0 Å². The third-order valence-corrected chi connectivity index (χ3v) is 5.87. The number of nitrogens with zero attached hydrogens (tertiary/aromatic N) is 3. The van der Waals surface area contributed by atoms with Crippen LogP contribution in [0.2, 0.25) is 0 Å². The van der Waals surface area contributed by atoms with Crippen LogP contribution >= 0.6 is 0 Å². The van der Waals surface area contributed by atoms with E-state index in [0.29, 0.717) is 6.42 Å². The van der Waals surface area contributed by atoms with Gasteiger partial charge in [0.05, 0.1) is 5.92 Å². The Balaban J connectivity index is 1.93. The van der Waals surface area contributed by atoms with E-state index in [1.165, 1.54) is 21.6 Å². The fraction of sp³-hybridized carbons (Fsp3) is 0.667. The zero-order valence-electron chi connectivity index (χ0n) is 17.7.